The lowest BCUT2D eigenvalue weighted by atomic mass is 10.1. The van der Waals surface area contributed by atoms with Crippen molar-refractivity contribution in [2.24, 2.45) is 0 Å². The maximum atomic E-state index is 12.6. The Bertz CT molecular complexity index is 674. The van der Waals surface area contributed by atoms with Gasteiger partial charge in [-0.25, -0.2) is 8.78 Å². The van der Waals surface area contributed by atoms with Crippen molar-refractivity contribution in [1.82, 2.24) is 10.2 Å². The summed E-state index contributed by atoms with van der Waals surface area (Å²) in [5.41, 5.74) is 0.544. The van der Waals surface area contributed by atoms with Gasteiger partial charge < -0.3 is 4.74 Å². The molecular formula is C15H11F2N3O. The van der Waals surface area contributed by atoms with Crippen molar-refractivity contribution in [2.45, 2.75) is 24.9 Å². The molecule has 2 aromatic rings. The van der Waals surface area contributed by atoms with Crippen molar-refractivity contribution in [3.8, 4) is 11.9 Å². The molecule has 1 fully saturated rings. The number of hydrogen-bond donors (Lipinski definition) is 0. The molecule has 0 saturated heterocycles. The molecule has 1 aliphatic rings. The largest absolute Gasteiger partial charge is 0.465 e. The van der Waals surface area contributed by atoms with E-state index in [0.29, 0.717) is 5.88 Å². The Hall–Kier alpha value is -2.55. The van der Waals surface area contributed by atoms with E-state index in [1.807, 2.05) is 6.07 Å². The predicted octanol–water partition coefficient (Wildman–Crippen LogP) is 3.35. The van der Waals surface area contributed by atoms with Gasteiger partial charge in [0.15, 0.2) is 5.69 Å². The summed E-state index contributed by atoms with van der Waals surface area (Å²) in [6.07, 6.45) is -0.884. The van der Waals surface area contributed by atoms with Crippen LogP contribution in [0.3, 0.4) is 0 Å². The minimum atomic E-state index is -2.47. The summed E-state index contributed by atoms with van der Waals surface area (Å²) in [4.78, 5) is 0. The van der Waals surface area contributed by atoms with E-state index in [0.717, 1.165) is 18.4 Å². The molecule has 0 bridgehead atoms. The van der Waals surface area contributed by atoms with E-state index >= 15 is 0 Å². The molecule has 1 saturated carbocycles. The van der Waals surface area contributed by atoms with Crippen molar-refractivity contribution < 1.29 is 13.5 Å². The Morgan fingerprint density at radius 2 is 1.81 bits per heavy atom. The third kappa shape index (κ3) is 2.68. The average Bonchev–Trinajstić information content (AvgIpc) is 3.29. The fourth-order valence-corrected chi connectivity index (χ4v) is 2.13. The molecule has 0 amide bonds. The number of hydrogen-bond acceptors (Lipinski definition) is 4. The van der Waals surface area contributed by atoms with Gasteiger partial charge in [0.05, 0.1) is 0 Å². The van der Waals surface area contributed by atoms with Crippen molar-refractivity contribution in [2.75, 3.05) is 0 Å². The van der Waals surface area contributed by atoms with E-state index in [-0.39, 0.29) is 11.3 Å². The second kappa shape index (κ2) is 5.09. The van der Waals surface area contributed by atoms with E-state index in [4.69, 9.17) is 10.00 Å². The second-order valence-electron chi connectivity index (χ2n) is 4.89. The fraction of sp³-hybridized carbons (Fsp3) is 0.267. The lowest BCUT2D eigenvalue weighted by Gasteiger charge is -2.17. The normalized spacial score (nSPS) is 15.5. The minimum absolute atomic E-state index is 0.00675. The Balaban J connectivity index is 1.79. The molecule has 6 heteroatoms. The summed E-state index contributed by atoms with van der Waals surface area (Å²) in [7, 11) is 0. The van der Waals surface area contributed by atoms with Crippen LogP contribution in [-0.2, 0) is 5.60 Å². The molecule has 0 spiro atoms. The first kappa shape index (κ1) is 13.4. The number of alkyl halides is 2. The van der Waals surface area contributed by atoms with Crippen LogP contribution in [0.2, 0.25) is 0 Å². The molecule has 0 unspecified atom stereocenters. The van der Waals surface area contributed by atoms with Gasteiger partial charge in [-0.15, -0.1) is 10.2 Å². The number of ether oxygens (including phenoxy) is 1. The van der Waals surface area contributed by atoms with Gasteiger partial charge in [-0.05, 0) is 24.5 Å². The third-order valence-corrected chi connectivity index (χ3v) is 3.45. The molecule has 106 valence electrons. The van der Waals surface area contributed by atoms with Gasteiger partial charge in [0.1, 0.15) is 11.7 Å². The van der Waals surface area contributed by atoms with Crippen LogP contribution in [-0.4, -0.2) is 10.2 Å². The van der Waals surface area contributed by atoms with Crippen LogP contribution in [0.1, 0.15) is 36.1 Å². The van der Waals surface area contributed by atoms with Crippen LogP contribution in [0.5, 0.6) is 5.88 Å². The van der Waals surface area contributed by atoms with Crippen molar-refractivity contribution in [3.05, 3.63) is 53.2 Å². The molecule has 0 atom stereocenters. The molecule has 0 radical (unpaired) electrons. The quantitative estimate of drug-likeness (QED) is 0.865. The lowest BCUT2D eigenvalue weighted by molar-refractivity contribution is 0.150. The first-order chi connectivity index (χ1) is 10.1. The van der Waals surface area contributed by atoms with E-state index in [2.05, 4.69) is 10.2 Å². The van der Waals surface area contributed by atoms with Gasteiger partial charge in [-0.1, -0.05) is 24.3 Å². The van der Waals surface area contributed by atoms with E-state index in [9.17, 15) is 8.78 Å². The van der Waals surface area contributed by atoms with Gasteiger partial charge in [-0.2, -0.15) is 5.26 Å². The van der Waals surface area contributed by atoms with Gasteiger partial charge in [-0.3, -0.25) is 0 Å². The Kier molecular flexibility index (Phi) is 3.26. The molecular weight excluding hydrogens is 276 g/mol. The topological polar surface area (TPSA) is 58.8 Å². The highest BCUT2D eigenvalue weighted by atomic mass is 19.3. The zero-order valence-corrected chi connectivity index (χ0v) is 11.0. The number of rotatable bonds is 4. The molecule has 1 aromatic heterocycles. The summed E-state index contributed by atoms with van der Waals surface area (Å²) < 4.78 is 30.9. The first-order valence-electron chi connectivity index (χ1n) is 6.44. The van der Waals surface area contributed by atoms with E-state index < -0.39 is 12.0 Å². The first-order valence-corrected chi connectivity index (χ1v) is 6.44. The highest BCUT2D eigenvalue weighted by Crippen LogP contribution is 2.49. The SMILES string of the molecule is N#Cc1ccc(OC2(c3ccc(C(F)F)cc3)CC2)nn1. The van der Waals surface area contributed by atoms with Gasteiger partial charge >= 0.3 is 0 Å². The van der Waals surface area contributed by atoms with Crippen molar-refractivity contribution >= 4 is 0 Å². The Labute approximate surface area is 120 Å². The zero-order chi connectivity index (χ0) is 14.9. The van der Waals surface area contributed by atoms with Gasteiger partial charge in [0, 0.05) is 11.6 Å². The second-order valence-corrected chi connectivity index (χ2v) is 4.89. The highest BCUT2D eigenvalue weighted by Gasteiger charge is 2.47. The van der Waals surface area contributed by atoms with Crippen molar-refractivity contribution in [1.29, 1.82) is 5.26 Å². The molecule has 3 rings (SSSR count). The smallest absolute Gasteiger partial charge is 0.263 e. The van der Waals surface area contributed by atoms with Crippen LogP contribution >= 0.6 is 0 Å². The summed E-state index contributed by atoms with van der Waals surface area (Å²) in [6, 6.07) is 11.1. The molecule has 1 aromatic carbocycles. The third-order valence-electron chi connectivity index (χ3n) is 3.45. The standard InChI is InChI=1S/C15H11F2N3O/c16-14(17)10-1-3-11(4-2-10)15(7-8-15)21-13-6-5-12(9-18)19-20-13/h1-6,14H,7-8H2. The molecule has 21 heavy (non-hydrogen) atoms. The minimum Gasteiger partial charge on any atom is -0.465 e. The van der Waals surface area contributed by atoms with E-state index in [1.165, 1.54) is 18.2 Å². The zero-order valence-electron chi connectivity index (χ0n) is 11.0. The number of nitriles is 1. The summed E-state index contributed by atoms with van der Waals surface area (Å²) in [6.45, 7) is 0. The Morgan fingerprint density at radius 3 is 2.29 bits per heavy atom. The van der Waals surface area contributed by atoms with E-state index in [1.54, 1.807) is 18.2 Å². The average molecular weight is 287 g/mol. The van der Waals surface area contributed by atoms with Crippen LogP contribution in [0.4, 0.5) is 8.78 Å². The monoisotopic (exact) mass is 287 g/mol. The summed E-state index contributed by atoms with van der Waals surface area (Å²) in [5.74, 6) is 0.324. The van der Waals surface area contributed by atoms with Gasteiger partial charge in [0.25, 0.3) is 6.43 Å². The maximum absolute atomic E-state index is 12.6. The van der Waals surface area contributed by atoms with Crippen molar-refractivity contribution in [3.63, 3.8) is 0 Å². The molecule has 0 aliphatic heterocycles. The van der Waals surface area contributed by atoms with Crippen LogP contribution in [0.25, 0.3) is 0 Å². The van der Waals surface area contributed by atoms with Crippen LogP contribution < -0.4 is 4.74 Å². The Morgan fingerprint density at radius 1 is 1.10 bits per heavy atom. The van der Waals surface area contributed by atoms with Crippen LogP contribution in [0, 0.1) is 11.3 Å². The number of benzene rings is 1. The fourth-order valence-electron chi connectivity index (χ4n) is 2.13. The lowest BCUT2D eigenvalue weighted by Crippen LogP contribution is -2.16. The number of halogens is 2. The molecule has 4 nitrogen and oxygen atoms in total. The summed E-state index contributed by atoms with van der Waals surface area (Å²) >= 11 is 0. The predicted molar refractivity (Wildman–Crippen MR) is 69.7 cm³/mol. The maximum Gasteiger partial charge on any atom is 0.263 e. The number of aromatic nitrogens is 2. The molecule has 0 N–H and O–H groups in total. The van der Waals surface area contributed by atoms with Gasteiger partial charge in [0.2, 0.25) is 5.88 Å². The summed E-state index contributed by atoms with van der Waals surface area (Å²) in [5, 5.41) is 16.2. The number of nitrogens with zero attached hydrogens (tertiary/aromatic N) is 3. The van der Waals surface area contributed by atoms with Crippen LogP contribution in [0.15, 0.2) is 36.4 Å². The molecule has 1 heterocycles. The highest BCUT2D eigenvalue weighted by molar-refractivity contribution is 5.33. The molecule has 1 aliphatic carbocycles.